The SMILES string of the molecule is CC1(C)c2ccccc2-c2c(-c3ccc(-c4ccccc4-c4ccc(-c5cccc6c5-c5ccccc5C6(C)C)cc4)cc3)cccc21. The Kier molecular flexibility index (Phi) is 6.30. The van der Waals surface area contributed by atoms with Crippen molar-refractivity contribution >= 4 is 0 Å². The maximum atomic E-state index is 2.35. The van der Waals surface area contributed by atoms with E-state index >= 15 is 0 Å². The van der Waals surface area contributed by atoms with Crippen LogP contribution in [0.15, 0.2) is 158 Å². The second kappa shape index (κ2) is 10.5. The maximum Gasteiger partial charge on any atom is 0.0159 e. The Morgan fingerprint density at radius 3 is 0.896 bits per heavy atom. The molecule has 2 aliphatic rings. The van der Waals surface area contributed by atoms with Gasteiger partial charge in [0.2, 0.25) is 0 Å². The molecule has 0 saturated carbocycles. The molecule has 0 unspecified atom stereocenters. The summed E-state index contributed by atoms with van der Waals surface area (Å²) in [4.78, 5) is 0. The van der Waals surface area contributed by atoms with Crippen LogP contribution in [0.5, 0.6) is 0 Å². The zero-order valence-electron chi connectivity index (χ0n) is 28.0. The van der Waals surface area contributed by atoms with Crippen LogP contribution in [0, 0.1) is 0 Å². The van der Waals surface area contributed by atoms with E-state index in [2.05, 4.69) is 185 Å². The molecule has 0 heterocycles. The summed E-state index contributed by atoms with van der Waals surface area (Å²) >= 11 is 0. The molecule has 2 aliphatic carbocycles. The second-order valence-electron chi connectivity index (χ2n) is 14.5. The van der Waals surface area contributed by atoms with Crippen LogP contribution in [-0.4, -0.2) is 0 Å². The summed E-state index contributed by atoms with van der Waals surface area (Å²) in [5.41, 5.74) is 21.2. The van der Waals surface area contributed by atoms with Crippen molar-refractivity contribution in [1.82, 2.24) is 0 Å². The fourth-order valence-electron chi connectivity index (χ4n) is 8.64. The molecule has 0 nitrogen and oxygen atoms in total. The zero-order chi connectivity index (χ0) is 32.6. The predicted molar refractivity (Wildman–Crippen MR) is 203 cm³/mol. The average Bonchev–Trinajstić information content (AvgIpc) is 3.52. The Morgan fingerprint density at radius 2 is 0.521 bits per heavy atom. The highest BCUT2D eigenvalue weighted by Gasteiger charge is 2.37. The molecule has 0 saturated heterocycles. The molecule has 7 aromatic rings. The minimum Gasteiger partial charge on any atom is -0.0619 e. The van der Waals surface area contributed by atoms with E-state index in [0.29, 0.717) is 0 Å². The fraction of sp³-hybridized carbons (Fsp3) is 0.125. The lowest BCUT2D eigenvalue weighted by Gasteiger charge is -2.21. The van der Waals surface area contributed by atoms with Crippen molar-refractivity contribution < 1.29 is 0 Å². The van der Waals surface area contributed by atoms with Gasteiger partial charge in [0, 0.05) is 10.8 Å². The lowest BCUT2D eigenvalue weighted by molar-refractivity contribution is 0.660. The van der Waals surface area contributed by atoms with Gasteiger partial charge in [-0.3, -0.25) is 0 Å². The third kappa shape index (κ3) is 4.15. The largest absolute Gasteiger partial charge is 0.0619 e. The summed E-state index contributed by atoms with van der Waals surface area (Å²) in [6.45, 7) is 9.39. The highest BCUT2D eigenvalue weighted by Crippen LogP contribution is 2.53. The molecule has 0 radical (unpaired) electrons. The van der Waals surface area contributed by atoms with Crippen LogP contribution in [0.2, 0.25) is 0 Å². The lowest BCUT2D eigenvalue weighted by atomic mass is 9.82. The van der Waals surface area contributed by atoms with Crippen LogP contribution >= 0.6 is 0 Å². The molecule has 0 fully saturated rings. The molecule has 0 heteroatoms. The first-order valence-electron chi connectivity index (χ1n) is 17.1. The van der Waals surface area contributed by atoms with Gasteiger partial charge < -0.3 is 0 Å². The molecule has 0 bridgehead atoms. The summed E-state index contributed by atoms with van der Waals surface area (Å²) in [5, 5.41) is 0. The van der Waals surface area contributed by atoms with E-state index in [1.807, 2.05) is 0 Å². The zero-order valence-corrected chi connectivity index (χ0v) is 28.0. The molecule has 0 amide bonds. The van der Waals surface area contributed by atoms with Crippen LogP contribution in [-0.2, 0) is 10.8 Å². The standard InChI is InChI=1S/C48H38/c1-47(2)41-19-9-7-15-39(41)45-37(17-11-21-43(45)47)33-27-23-31(24-28-33)35-13-5-6-14-36(35)32-25-29-34(30-26-32)38-18-12-22-44-46(38)40-16-8-10-20-42(40)48(44,3)4/h5-30H,1-4H3. The topological polar surface area (TPSA) is 0 Å². The maximum absolute atomic E-state index is 2.35. The molecule has 9 rings (SSSR count). The summed E-state index contributed by atoms with van der Waals surface area (Å²) in [6.07, 6.45) is 0. The molecule has 230 valence electrons. The molecule has 0 atom stereocenters. The summed E-state index contributed by atoms with van der Waals surface area (Å²) < 4.78 is 0. The van der Waals surface area contributed by atoms with E-state index in [1.54, 1.807) is 0 Å². The molecule has 0 aromatic heterocycles. The number of hydrogen-bond acceptors (Lipinski definition) is 0. The monoisotopic (exact) mass is 614 g/mol. The van der Waals surface area contributed by atoms with Crippen LogP contribution in [0.25, 0.3) is 66.8 Å². The van der Waals surface area contributed by atoms with Gasteiger partial charge in [-0.25, -0.2) is 0 Å². The minimum atomic E-state index is -0.00198. The molecular weight excluding hydrogens is 577 g/mol. The van der Waals surface area contributed by atoms with Gasteiger partial charge >= 0.3 is 0 Å². The van der Waals surface area contributed by atoms with Crippen LogP contribution in [0.3, 0.4) is 0 Å². The normalized spacial score (nSPS) is 14.6. The van der Waals surface area contributed by atoms with E-state index in [-0.39, 0.29) is 10.8 Å². The van der Waals surface area contributed by atoms with Crippen molar-refractivity contribution in [3.05, 3.63) is 180 Å². The van der Waals surface area contributed by atoms with Gasteiger partial charge in [0.05, 0.1) is 0 Å². The number of fused-ring (bicyclic) bond motifs is 6. The van der Waals surface area contributed by atoms with Crippen molar-refractivity contribution in [2.75, 3.05) is 0 Å². The van der Waals surface area contributed by atoms with E-state index in [1.165, 1.54) is 89.0 Å². The van der Waals surface area contributed by atoms with E-state index in [9.17, 15) is 0 Å². The quantitative estimate of drug-likeness (QED) is 0.185. The minimum absolute atomic E-state index is 0.00198. The van der Waals surface area contributed by atoms with Crippen molar-refractivity contribution in [1.29, 1.82) is 0 Å². The second-order valence-corrected chi connectivity index (χ2v) is 14.5. The Balaban J connectivity index is 1.07. The molecule has 0 spiro atoms. The molecular formula is C48H38. The van der Waals surface area contributed by atoms with Crippen molar-refractivity contribution in [3.63, 3.8) is 0 Å². The highest BCUT2D eigenvalue weighted by atomic mass is 14.4. The number of benzene rings is 7. The first kappa shape index (κ1) is 28.7. The summed E-state index contributed by atoms with van der Waals surface area (Å²) in [5.74, 6) is 0. The highest BCUT2D eigenvalue weighted by molar-refractivity contribution is 5.95. The Morgan fingerprint density at radius 1 is 0.250 bits per heavy atom. The van der Waals surface area contributed by atoms with E-state index in [4.69, 9.17) is 0 Å². The molecule has 48 heavy (non-hydrogen) atoms. The summed E-state index contributed by atoms with van der Waals surface area (Å²) in [7, 11) is 0. The molecule has 0 N–H and O–H groups in total. The molecule has 7 aromatic carbocycles. The van der Waals surface area contributed by atoms with Gasteiger partial charge in [-0.1, -0.05) is 185 Å². The smallest absolute Gasteiger partial charge is 0.0159 e. The fourth-order valence-corrected chi connectivity index (χ4v) is 8.64. The van der Waals surface area contributed by atoms with Gasteiger partial charge in [-0.2, -0.15) is 0 Å². The summed E-state index contributed by atoms with van der Waals surface area (Å²) in [6, 6.07) is 58.6. The van der Waals surface area contributed by atoms with Gasteiger partial charge in [-0.15, -0.1) is 0 Å². The van der Waals surface area contributed by atoms with E-state index in [0.717, 1.165) is 0 Å². The van der Waals surface area contributed by atoms with Crippen molar-refractivity contribution in [2.45, 2.75) is 38.5 Å². The first-order chi connectivity index (χ1) is 23.3. The average molecular weight is 615 g/mol. The third-order valence-corrected chi connectivity index (χ3v) is 11.2. The number of rotatable bonds is 4. The van der Waals surface area contributed by atoms with Gasteiger partial charge in [-0.05, 0) is 89.0 Å². The third-order valence-electron chi connectivity index (χ3n) is 11.2. The van der Waals surface area contributed by atoms with Gasteiger partial charge in [0.1, 0.15) is 0 Å². The molecule has 0 aliphatic heterocycles. The predicted octanol–water partition coefficient (Wildman–Crippen LogP) is 13.0. The van der Waals surface area contributed by atoms with Crippen LogP contribution in [0.4, 0.5) is 0 Å². The van der Waals surface area contributed by atoms with Crippen LogP contribution < -0.4 is 0 Å². The number of hydrogen-bond donors (Lipinski definition) is 0. The van der Waals surface area contributed by atoms with Crippen molar-refractivity contribution in [3.8, 4) is 66.8 Å². The van der Waals surface area contributed by atoms with Gasteiger partial charge in [0.25, 0.3) is 0 Å². The Labute approximate surface area is 284 Å². The Hall–Kier alpha value is -5.46. The lowest BCUT2D eigenvalue weighted by Crippen LogP contribution is -2.14. The van der Waals surface area contributed by atoms with Crippen molar-refractivity contribution in [2.24, 2.45) is 0 Å². The Bertz CT molecular complexity index is 2200. The van der Waals surface area contributed by atoms with Gasteiger partial charge in [0.15, 0.2) is 0 Å². The van der Waals surface area contributed by atoms with E-state index < -0.39 is 0 Å². The first-order valence-corrected chi connectivity index (χ1v) is 17.1. The van der Waals surface area contributed by atoms with Crippen LogP contribution in [0.1, 0.15) is 49.9 Å².